The minimum absolute atomic E-state index is 0.236. The molecule has 11 heteroatoms. The Labute approximate surface area is 169 Å². The van der Waals surface area contributed by atoms with Crippen molar-refractivity contribution in [3.63, 3.8) is 0 Å². The molecule has 0 aliphatic heterocycles. The van der Waals surface area contributed by atoms with Gasteiger partial charge in [-0.05, 0) is 19.4 Å². The predicted molar refractivity (Wildman–Crippen MR) is 111 cm³/mol. The fourth-order valence-electron chi connectivity index (χ4n) is 3.14. The van der Waals surface area contributed by atoms with Gasteiger partial charge in [-0.15, -0.1) is 5.10 Å². The van der Waals surface area contributed by atoms with Crippen molar-refractivity contribution in [3.05, 3.63) is 62.1 Å². The first-order valence-electron chi connectivity index (χ1n) is 9.04. The molecule has 0 saturated heterocycles. The van der Waals surface area contributed by atoms with Crippen molar-refractivity contribution in [2.24, 2.45) is 0 Å². The van der Waals surface area contributed by atoms with Crippen LogP contribution in [0, 0.1) is 6.92 Å². The molecule has 4 aromatic rings. The Morgan fingerprint density at radius 1 is 1.14 bits per heavy atom. The second-order valence-electron chi connectivity index (χ2n) is 6.57. The van der Waals surface area contributed by atoms with Gasteiger partial charge in [0.1, 0.15) is 5.82 Å². The van der Waals surface area contributed by atoms with Crippen molar-refractivity contribution in [2.45, 2.75) is 37.8 Å². The first-order chi connectivity index (χ1) is 14.0. The zero-order chi connectivity index (χ0) is 20.5. The highest BCUT2D eigenvalue weighted by atomic mass is 32.2. The Bertz CT molecular complexity index is 1280. The van der Waals surface area contributed by atoms with Gasteiger partial charge in [-0.2, -0.15) is 4.98 Å². The number of fused-ring (bicyclic) bond motifs is 1. The third kappa shape index (κ3) is 3.68. The standard InChI is InChI=1S/C18H20N8O2S/c1-3-25-12(9-29-17-22-16(19)23-24-17)20-14-13(25)15(27)21-18(28)26(14)8-11-6-4-10(2)5-7-11/h4-7H,3,8-9H2,1-2H3,(H,21,27,28)(H3,19,22,23,24). The highest BCUT2D eigenvalue weighted by molar-refractivity contribution is 7.98. The van der Waals surface area contributed by atoms with Gasteiger partial charge in [0.2, 0.25) is 11.1 Å². The lowest BCUT2D eigenvalue weighted by molar-refractivity contribution is 0.736. The molecule has 10 nitrogen and oxygen atoms in total. The Hall–Kier alpha value is -3.34. The van der Waals surface area contributed by atoms with Gasteiger partial charge < -0.3 is 10.3 Å². The molecule has 0 atom stereocenters. The van der Waals surface area contributed by atoms with Gasteiger partial charge in [0.05, 0.1) is 12.3 Å². The number of nitrogen functional groups attached to an aromatic ring is 1. The molecule has 0 amide bonds. The summed E-state index contributed by atoms with van der Waals surface area (Å²) >= 11 is 1.34. The van der Waals surface area contributed by atoms with Gasteiger partial charge in [-0.25, -0.2) is 14.9 Å². The van der Waals surface area contributed by atoms with E-state index in [1.807, 2.05) is 42.7 Å². The number of thioether (sulfide) groups is 1. The molecule has 0 bridgehead atoms. The van der Waals surface area contributed by atoms with E-state index in [1.165, 1.54) is 16.3 Å². The molecule has 1 aromatic carbocycles. The quantitative estimate of drug-likeness (QED) is 0.405. The Morgan fingerprint density at radius 2 is 1.90 bits per heavy atom. The van der Waals surface area contributed by atoms with Crippen LogP contribution in [0.3, 0.4) is 0 Å². The van der Waals surface area contributed by atoms with Crippen molar-refractivity contribution in [2.75, 3.05) is 5.73 Å². The number of benzene rings is 1. The lowest BCUT2D eigenvalue weighted by atomic mass is 10.1. The molecule has 150 valence electrons. The minimum atomic E-state index is -0.482. The van der Waals surface area contributed by atoms with Crippen molar-refractivity contribution in [1.29, 1.82) is 0 Å². The van der Waals surface area contributed by atoms with E-state index in [0.29, 0.717) is 41.0 Å². The molecular weight excluding hydrogens is 392 g/mol. The van der Waals surface area contributed by atoms with E-state index in [-0.39, 0.29) is 5.95 Å². The zero-order valence-electron chi connectivity index (χ0n) is 16.0. The van der Waals surface area contributed by atoms with Crippen LogP contribution in [0.4, 0.5) is 5.95 Å². The minimum Gasteiger partial charge on any atom is -0.368 e. The second kappa shape index (κ2) is 7.59. The normalized spacial score (nSPS) is 11.4. The molecule has 0 radical (unpaired) electrons. The van der Waals surface area contributed by atoms with Crippen LogP contribution in [0.2, 0.25) is 0 Å². The SMILES string of the molecule is CCn1c(CSc2n[nH]c(N)n2)nc2c1c(=O)[nH]c(=O)n2Cc1ccc(C)cc1. The number of nitrogens with two attached hydrogens (primary N) is 1. The smallest absolute Gasteiger partial charge is 0.330 e. The molecule has 0 aliphatic rings. The molecule has 29 heavy (non-hydrogen) atoms. The Morgan fingerprint density at radius 3 is 2.55 bits per heavy atom. The van der Waals surface area contributed by atoms with E-state index in [9.17, 15) is 9.59 Å². The number of anilines is 1. The van der Waals surface area contributed by atoms with Crippen molar-refractivity contribution < 1.29 is 0 Å². The van der Waals surface area contributed by atoms with Crippen LogP contribution >= 0.6 is 11.8 Å². The van der Waals surface area contributed by atoms with E-state index in [4.69, 9.17) is 5.73 Å². The van der Waals surface area contributed by atoms with Gasteiger partial charge in [0, 0.05) is 6.54 Å². The molecular formula is C18H20N8O2S. The summed E-state index contributed by atoms with van der Waals surface area (Å²) in [6, 6.07) is 7.89. The molecule has 0 fully saturated rings. The summed E-state index contributed by atoms with van der Waals surface area (Å²) in [6.45, 7) is 4.78. The van der Waals surface area contributed by atoms with E-state index in [1.54, 1.807) is 0 Å². The number of nitrogens with zero attached hydrogens (tertiary/aromatic N) is 5. The summed E-state index contributed by atoms with van der Waals surface area (Å²) in [5, 5.41) is 7.07. The third-order valence-electron chi connectivity index (χ3n) is 4.55. The van der Waals surface area contributed by atoms with E-state index >= 15 is 0 Å². The number of H-pyrrole nitrogens is 2. The summed E-state index contributed by atoms with van der Waals surface area (Å²) in [6.07, 6.45) is 0. The van der Waals surface area contributed by atoms with Crippen molar-refractivity contribution in [1.82, 2.24) is 34.3 Å². The number of imidazole rings is 1. The van der Waals surface area contributed by atoms with Gasteiger partial charge in [-0.1, -0.05) is 41.6 Å². The van der Waals surface area contributed by atoms with Crippen molar-refractivity contribution >= 4 is 28.9 Å². The van der Waals surface area contributed by atoms with E-state index in [2.05, 4.69) is 25.1 Å². The highest BCUT2D eigenvalue weighted by Crippen LogP contribution is 2.21. The number of hydrogen-bond acceptors (Lipinski definition) is 7. The van der Waals surface area contributed by atoms with Crippen LogP contribution < -0.4 is 17.0 Å². The molecule has 0 aliphatic carbocycles. The molecule has 4 N–H and O–H groups in total. The fourth-order valence-corrected chi connectivity index (χ4v) is 3.89. The lowest BCUT2D eigenvalue weighted by Gasteiger charge is -2.07. The van der Waals surface area contributed by atoms with Gasteiger partial charge in [0.15, 0.2) is 11.2 Å². The Kier molecular flexibility index (Phi) is 4.97. The molecule has 0 spiro atoms. The number of aromatic nitrogens is 7. The van der Waals surface area contributed by atoms with Gasteiger partial charge >= 0.3 is 5.69 Å². The van der Waals surface area contributed by atoms with Gasteiger partial charge in [0.25, 0.3) is 5.56 Å². The maximum atomic E-state index is 12.5. The number of hydrogen-bond donors (Lipinski definition) is 3. The summed E-state index contributed by atoms with van der Waals surface area (Å²) in [5.74, 6) is 1.32. The topological polar surface area (TPSA) is 140 Å². The summed E-state index contributed by atoms with van der Waals surface area (Å²) < 4.78 is 3.30. The van der Waals surface area contributed by atoms with Crippen LogP contribution in [0.5, 0.6) is 0 Å². The average molecular weight is 412 g/mol. The monoisotopic (exact) mass is 412 g/mol. The fraction of sp³-hybridized carbons (Fsp3) is 0.278. The second-order valence-corrected chi connectivity index (χ2v) is 7.51. The van der Waals surface area contributed by atoms with Crippen molar-refractivity contribution in [3.8, 4) is 0 Å². The van der Waals surface area contributed by atoms with E-state index < -0.39 is 11.2 Å². The van der Waals surface area contributed by atoms with Gasteiger partial charge in [-0.3, -0.25) is 14.3 Å². The summed E-state index contributed by atoms with van der Waals surface area (Å²) in [4.78, 5) is 36.2. The molecule has 4 rings (SSSR count). The average Bonchev–Trinajstić information content (AvgIpc) is 3.28. The zero-order valence-corrected chi connectivity index (χ0v) is 16.8. The third-order valence-corrected chi connectivity index (χ3v) is 5.40. The molecule has 3 aromatic heterocycles. The van der Waals surface area contributed by atoms with Crippen LogP contribution in [0.1, 0.15) is 23.9 Å². The number of rotatable bonds is 6. The molecule has 0 saturated carbocycles. The Balaban J connectivity index is 1.78. The van der Waals surface area contributed by atoms with Crippen LogP contribution in [0.15, 0.2) is 39.0 Å². The number of nitrogens with one attached hydrogen (secondary N) is 2. The first kappa shape index (κ1) is 19.0. The number of aryl methyl sites for hydroxylation is 2. The summed E-state index contributed by atoms with van der Waals surface area (Å²) in [5.41, 5.74) is 7.46. The van der Waals surface area contributed by atoms with E-state index in [0.717, 1.165) is 11.1 Å². The highest BCUT2D eigenvalue weighted by Gasteiger charge is 2.18. The first-order valence-corrected chi connectivity index (χ1v) is 10.0. The maximum absolute atomic E-state index is 12.5. The number of aromatic amines is 2. The van der Waals surface area contributed by atoms with Crippen LogP contribution in [-0.2, 0) is 18.8 Å². The maximum Gasteiger partial charge on any atom is 0.330 e. The predicted octanol–water partition coefficient (Wildman–Crippen LogP) is 1.26. The molecule has 0 unspecified atom stereocenters. The molecule has 3 heterocycles. The largest absolute Gasteiger partial charge is 0.368 e. The van der Waals surface area contributed by atoms with Crippen LogP contribution in [0.25, 0.3) is 11.2 Å². The van der Waals surface area contributed by atoms with Crippen LogP contribution in [-0.4, -0.2) is 34.3 Å². The summed E-state index contributed by atoms with van der Waals surface area (Å²) in [7, 11) is 0. The lowest BCUT2D eigenvalue weighted by Crippen LogP contribution is -2.31.